The highest BCUT2D eigenvalue weighted by atomic mass is 32.2. The first-order valence-corrected chi connectivity index (χ1v) is 9.77. The molecule has 0 aliphatic heterocycles. The summed E-state index contributed by atoms with van der Waals surface area (Å²) < 4.78 is 26.6. The van der Waals surface area contributed by atoms with Gasteiger partial charge in [-0.1, -0.05) is 49.7 Å². The van der Waals surface area contributed by atoms with Gasteiger partial charge in [-0.05, 0) is 37.1 Å². The lowest BCUT2D eigenvalue weighted by Gasteiger charge is -2.20. The standard InChI is InChI=1S/C19H24N2O3S/c1-4-16-8-6-7-9-18(16)20-19(22)14-21(5-2)25(23,24)17-12-10-15(3)11-13-17/h6-13H,4-5,14H2,1-3H3,(H,20,22). The summed E-state index contributed by atoms with van der Waals surface area (Å²) in [6.07, 6.45) is 0.787. The van der Waals surface area contributed by atoms with Gasteiger partial charge in [0, 0.05) is 12.2 Å². The van der Waals surface area contributed by atoms with Gasteiger partial charge in [-0.2, -0.15) is 4.31 Å². The van der Waals surface area contributed by atoms with Crippen LogP contribution in [0, 0.1) is 6.92 Å². The van der Waals surface area contributed by atoms with Gasteiger partial charge in [0.15, 0.2) is 0 Å². The average Bonchev–Trinajstić information content (AvgIpc) is 2.60. The van der Waals surface area contributed by atoms with Crippen LogP contribution < -0.4 is 5.32 Å². The zero-order chi connectivity index (χ0) is 18.4. The molecular formula is C19H24N2O3S. The van der Waals surface area contributed by atoms with Crippen LogP contribution in [0.25, 0.3) is 0 Å². The highest BCUT2D eigenvalue weighted by molar-refractivity contribution is 7.89. The van der Waals surface area contributed by atoms with Gasteiger partial charge in [0.2, 0.25) is 15.9 Å². The molecule has 0 saturated heterocycles. The average molecular weight is 360 g/mol. The first-order chi connectivity index (χ1) is 11.9. The van der Waals surface area contributed by atoms with E-state index in [9.17, 15) is 13.2 Å². The second-order valence-electron chi connectivity index (χ2n) is 5.80. The van der Waals surface area contributed by atoms with E-state index in [4.69, 9.17) is 0 Å². The zero-order valence-electron chi connectivity index (χ0n) is 14.8. The van der Waals surface area contributed by atoms with E-state index in [-0.39, 0.29) is 23.9 Å². The molecule has 2 aromatic rings. The Morgan fingerprint density at radius 2 is 1.68 bits per heavy atom. The van der Waals surface area contributed by atoms with Crippen molar-refractivity contribution in [2.24, 2.45) is 0 Å². The van der Waals surface area contributed by atoms with E-state index < -0.39 is 10.0 Å². The minimum absolute atomic E-state index is 0.196. The number of likely N-dealkylation sites (N-methyl/N-ethyl adjacent to an activating group) is 1. The van der Waals surface area contributed by atoms with Gasteiger partial charge >= 0.3 is 0 Å². The number of sulfonamides is 1. The predicted molar refractivity (Wildman–Crippen MR) is 100 cm³/mol. The second-order valence-corrected chi connectivity index (χ2v) is 7.74. The molecule has 0 aliphatic carbocycles. The van der Waals surface area contributed by atoms with Crippen LogP contribution in [0.15, 0.2) is 53.4 Å². The number of carbonyl (C=O) groups excluding carboxylic acids is 1. The molecule has 1 N–H and O–H groups in total. The van der Waals surface area contributed by atoms with Crippen molar-refractivity contribution in [3.05, 3.63) is 59.7 Å². The molecule has 5 nitrogen and oxygen atoms in total. The molecule has 0 unspecified atom stereocenters. The molecule has 0 aromatic heterocycles. The number of nitrogens with one attached hydrogen (secondary N) is 1. The predicted octanol–water partition coefficient (Wildman–Crippen LogP) is 3.21. The van der Waals surface area contributed by atoms with Gasteiger partial charge in [0.25, 0.3) is 0 Å². The van der Waals surface area contributed by atoms with Crippen LogP contribution in [0.5, 0.6) is 0 Å². The minimum Gasteiger partial charge on any atom is -0.325 e. The van der Waals surface area contributed by atoms with Crippen molar-refractivity contribution in [3.8, 4) is 0 Å². The number of carbonyl (C=O) groups is 1. The van der Waals surface area contributed by atoms with Crippen molar-refractivity contribution < 1.29 is 13.2 Å². The number of para-hydroxylation sites is 1. The Morgan fingerprint density at radius 3 is 2.28 bits per heavy atom. The smallest absolute Gasteiger partial charge is 0.243 e. The van der Waals surface area contributed by atoms with Crippen molar-refractivity contribution in [1.29, 1.82) is 0 Å². The van der Waals surface area contributed by atoms with E-state index in [0.29, 0.717) is 0 Å². The summed E-state index contributed by atoms with van der Waals surface area (Å²) in [5.74, 6) is -0.349. The normalized spacial score (nSPS) is 11.5. The van der Waals surface area contributed by atoms with Crippen LogP contribution in [0.1, 0.15) is 25.0 Å². The molecule has 0 spiro atoms. The summed E-state index contributed by atoms with van der Waals surface area (Å²) in [5.41, 5.74) is 2.72. The summed E-state index contributed by atoms with van der Waals surface area (Å²) in [6, 6.07) is 14.1. The maximum atomic E-state index is 12.7. The lowest BCUT2D eigenvalue weighted by atomic mass is 10.1. The molecular weight excluding hydrogens is 336 g/mol. The van der Waals surface area contributed by atoms with Gasteiger partial charge < -0.3 is 5.32 Å². The number of hydrogen-bond acceptors (Lipinski definition) is 3. The summed E-state index contributed by atoms with van der Waals surface area (Å²) in [4.78, 5) is 12.6. The minimum atomic E-state index is -3.70. The number of anilines is 1. The van der Waals surface area contributed by atoms with Crippen LogP contribution in [0.4, 0.5) is 5.69 Å². The molecule has 0 atom stereocenters. The number of benzene rings is 2. The third kappa shape index (κ3) is 4.67. The summed E-state index contributed by atoms with van der Waals surface area (Å²) in [5, 5.41) is 2.81. The van der Waals surface area contributed by atoms with Gasteiger partial charge in [-0.25, -0.2) is 8.42 Å². The van der Waals surface area contributed by atoms with Crippen molar-refractivity contribution in [2.45, 2.75) is 32.1 Å². The largest absolute Gasteiger partial charge is 0.325 e. The lowest BCUT2D eigenvalue weighted by Crippen LogP contribution is -2.37. The van der Waals surface area contributed by atoms with Gasteiger partial charge in [-0.3, -0.25) is 4.79 Å². The zero-order valence-corrected chi connectivity index (χ0v) is 15.6. The Bertz CT molecular complexity index is 830. The fourth-order valence-electron chi connectivity index (χ4n) is 2.53. The van der Waals surface area contributed by atoms with Crippen LogP contribution in [-0.2, 0) is 21.2 Å². The van der Waals surface area contributed by atoms with E-state index in [1.807, 2.05) is 38.1 Å². The number of nitrogens with zero attached hydrogens (tertiary/aromatic N) is 1. The van der Waals surface area contributed by atoms with Crippen LogP contribution in [0.2, 0.25) is 0 Å². The summed E-state index contributed by atoms with van der Waals surface area (Å²) in [7, 11) is -3.70. The highest BCUT2D eigenvalue weighted by Gasteiger charge is 2.25. The van der Waals surface area contributed by atoms with Crippen molar-refractivity contribution in [2.75, 3.05) is 18.4 Å². The van der Waals surface area contributed by atoms with Crippen LogP contribution in [-0.4, -0.2) is 31.7 Å². The Morgan fingerprint density at radius 1 is 1.04 bits per heavy atom. The monoisotopic (exact) mass is 360 g/mol. The second kappa shape index (κ2) is 8.27. The Labute approximate surface area is 149 Å². The quantitative estimate of drug-likeness (QED) is 0.824. The van der Waals surface area contributed by atoms with E-state index in [0.717, 1.165) is 23.2 Å². The van der Waals surface area contributed by atoms with E-state index >= 15 is 0 Å². The lowest BCUT2D eigenvalue weighted by molar-refractivity contribution is -0.116. The van der Waals surface area contributed by atoms with Crippen LogP contribution >= 0.6 is 0 Å². The molecule has 0 radical (unpaired) electrons. The van der Waals surface area contributed by atoms with Crippen LogP contribution in [0.3, 0.4) is 0 Å². The summed E-state index contributed by atoms with van der Waals surface area (Å²) >= 11 is 0. The number of hydrogen-bond donors (Lipinski definition) is 1. The molecule has 2 rings (SSSR count). The summed E-state index contributed by atoms with van der Waals surface area (Å²) in [6.45, 7) is 5.63. The third-order valence-corrected chi connectivity index (χ3v) is 5.94. The van der Waals surface area contributed by atoms with Crippen molar-refractivity contribution in [3.63, 3.8) is 0 Å². The fraction of sp³-hybridized carbons (Fsp3) is 0.316. The molecule has 0 fully saturated rings. The first kappa shape index (κ1) is 19.1. The molecule has 134 valence electrons. The molecule has 0 aliphatic rings. The molecule has 6 heteroatoms. The fourth-order valence-corrected chi connectivity index (χ4v) is 3.93. The Kier molecular flexibility index (Phi) is 6.33. The molecule has 0 bridgehead atoms. The maximum Gasteiger partial charge on any atom is 0.243 e. The molecule has 2 aromatic carbocycles. The van der Waals surface area contributed by atoms with Crippen molar-refractivity contribution in [1.82, 2.24) is 4.31 Å². The molecule has 25 heavy (non-hydrogen) atoms. The SMILES string of the molecule is CCc1ccccc1NC(=O)CN(CC)S(=O)(=O)c1ccc(C)cc1. The van der Waals surface area contributed by atoms with E-state index in [1.54, 1.807) is 31.2 Å². The third-order valence-electron chi connectivity index (χ3n) is 4.00. The van der Waals surface area contributed by atoms with Crippen molar-refractivity contribution >= 4 is 21.6 Å². The topological polar surface area (TPSA) is 66.5 Å². The van der Waals surface area contributed by atoms with E-state index in [2.05, 4.69) is 5.32 Å². The molecule has 0 heterocycles. The number of aryl methyl sites for hydroxylation is 2. The van der Waals surface area contributed by atoms with Gasteiger partial charge in [0.05, 0.1) is 11.4 Å². The van der Waals surface area contributed by atoms with Gasteiger partial charge in [0.1, 0.15) is 0 Å². The van der Waals surface area contributed by atoms with E-state index in [1.165, 1.54) is 4.31 Å². The Hall–Kier alpha value is -2.18. The molecule has 1 amide bonds. The Balaban J connectivity index is 2.15. The first-order valence-electron chi connectivity index (χ1n) is 8.33. The maximum absolute atomic E-state index is 12.7. The number of rotatable bonds is 7. The highest BCUT2D eigenvalue weighted by Crippen LogP contribution is 2.18. The number of amides is 1. The van der Waals surface area contributed by atoms with Gasteiger partial charge in [-0.15, -0.1) is 0 Å². The molecule has 0 saturated carbocycles.